The van der Waals surface area contributed by atoms with Crippen molar-refractivity contribution in [1.82, 2.24) is 15.2 Å². The van der Waals surface area contributed by atoms with Crippen molar-refractivity contribution in [2.24, 2.45) is 0 Å². The van der Waals surface area contributed by atoms with Gasteiger partial charge in [0.05, 0.1) is 11.2 Å². The first-order valence-electron chi connectivity index (χ1n) is 15.1. The fourth-order valence-electron chi connectivity index (χ4n) is 8.21. The van der Waals surface area contributed by atoms with Gasteiger partial charge in [-0.15, -0.1) is 0 Å². The van der Waals surface area contributed by atoms with Crippen molar-refractivity contribution in [2.45, 2.75) is 107 Å². The molecule has 2 aliphatic carbocycles. The van der Waals surface area contributed by atoms with Crippen LogP contribution in [-0.2, 0) is 21.3 Å². The Kier molecular flexibility index (Phi) is 7.41. The molecule has 0 bridgehead atoms. The predicted molar refractivity (Wildman–Crippen MR) is 152 cm³/mol. The maximum absolute atomic E-state index is 6.48. The smallest absolute Gasteiger partial charge is 0.0749 e. The lowest BCUT2D eigenvalue weighted by Crippen LogP contribution is -2.48. The summed E-state index contributed by atoms with van der Waals surface area (Å²) in [6.07, 6.45) is 13.9. The number of nitrogens with zero attached hydrogens (tertiary/aromatic N) is 2. The summed E-state index contributed by atoms with van der Waals surface area (Å²) in [5.74, 6) is 0. The van der Waals surface area contributed by atoms with E-state index in [1.54, 1.807) is 11.1 Å². The highest BCUT2D eigenvalue weighted by Crippen LogP contribution is 2.50. The van der Waals surface area contributed by atoms with Crippen LogP contribution in [0.25, 0.3) is 0 Å². The van der Waals surface area contributed by atoms with Gasteiger partial charge in [0.2, 0.25) is 0 Å². The van der Waals surface area contributed by atoms with Gasteiger partial charge < -0.3 is 14.8 Å². The average Bonchev–Trinajstić information content (AvgIpc) is 3.38. The van der Waals surface area contributed by atoms with Crippen LogP contribution in [0.3, 0.4) is 0 Å². The summed E-state index contributed by atoms with van der Waals surface area (Å²) in [5, 5.41) is 4.06. The van der Waals surface area contributed by atoms with Gasteiger partial charge in [0, 0.05) is 56.2 Å². The Morgan fingerprint density at radius 3 is 2.76 bits per heavy atom. The SMILES string of the molecule is COC(C)(C)CN1CCc2cccc3c2C1CCC3NCC[C@@]1(c2ccccn2)CCOC2(CCCC2)C1. The molecule has 6 rings (SSSR count). The molecule has 4 aliphatic rings. The Hall–Kier alpha value is -1.79. The zero-order chi connectivity index (χ0) is 26.2. The Labute approximate surface area is 229 Å². The molecule has 1 saturated carbocycles. The molecular weight excluding hydrogens is 470 g/mol. The van der Waals surface area contributed by atoms with Crippen molar-refractivity contribution in [2.75, 3.05) is 33.4 Å². The Bertz CT molecular complexity index is 1100. The lowest BCUT2D eigenvalue weighted by Gasteiger charge is -2.47. The van der Waals surface area contributed by atoms with Crippen LogP contribution in [0.1, 0.15) is 106 Å². The molecule has 2 aliphatic heterocycles. The van der Waals surface area contributed by atoms with E-state index in [0.29, 0.717) is 12.1 Å². The predicted octanol–water partition coefficient (Wildman–Crippen LogP) is 6.28. The number of rotatable bonds is 8. The number of pyridine rings is 1. The lowest BCUT2D eigenvalue weighted by atomic mass is 9.68. The molecule has 0 amide bonds. The summed E-state index contributed by atoms with van der Waals surface area (Å²) in [4.78, 5) is 7.60. The number of aromatic nitrogens is 1. The van der Waals surface area contributed by atoms with E-state index >= 15 is 0 Å². The summed E-state index contributed by atoms with van der Waals surface area (Å²) in [7, 11) is 1.84. The molecular formula is C33H47N3O2. The highest BCUT2D eigenvalue weighted by atomic mass is 16.5. The van der Waals surface area contributed by atoms with Crippen molar-refractivity contribution >= 4 is 0 Å². The highest BCUT2D eigenvalue weighted by molar-refractivity contribution is 5.43. The summed E-state index contributed by atoms with van der Waals surface area (Å²) in [6, 6.07) is 14.5. The van der Waals surface area contributed by atoms with Gasteiger partial charge in [-0.1, -0.05) is 37.1 Å². The van der Waals surface area contributed by atoms with E-state index in [2.05, 4.69) is 54.4 Å². The van der Waals surface area contributed by atoms with Crippen LogP contribution in [0.5, 0.6) is 0 Å². The molecule has 5 heteroatoms. The third-order valence-corrected chi connectivity index (χ3v) is 10.3. The van der Waals surface area contributed by atoms with E-state index in [1.165, 1.54) is 49.8 Å². The van der Waals surface area contributed by atoms with Crippen LogP contribution >= 0.6 is 0 Å². The van der Waals surface area contributed by atoms with Crippen molar-refractivity contribution < 1.29 is 9.47 Å². The van der Waals surface area contributed by atoms with Crippen LogP contribution < -0.4 is 5.32 Å². The van der Waals surface area contributed by atoms with Gasteiger partial charge in [0.15, 0.2) is 0 Å². The number of methoxy groups -OCH3 is 1. The molecule has 38 heavy (non-hydrogen) atoms. The number of hydrogen-bond acceptors (Lipinski definition) is 5. The van der Waals surface area contributed by atoms with Crippen LogP contribution in [-0.4, -0.2) is 54.4 Å². The largest absolute Gasteiger partial charge is 0.377 e. The number of nitrogens with one attached hydrogen (secondary N) is 1. The molecule has 2 fully saturated rings. The summed E-state index contributed by atoms with van der Waals surface area (Å²) >= 11 is 0. The fourth-order valence-corrected chi connectivity index (χ4v) is 8.21. The minimum Gasteiger partial charge on any atom is -0.377 e. The van der Waals surface area contributed by atoms with Gasteiger partial charge in [-0.05, 0) is 101 Å². The van der Waals surface area contributed by atoms with E-state index in [9.17, 15) is 0 Å². The average molecular weight is 518 g/mol. The standard InChI is InChI=1S/C33H47N3O2/c1-31(2,37-3)24-36-21-14-25-9-8-10-26-27(12-13-28(36)30(25)26)34-20-17-32(29-11-4-7-19-35-29)18-22-38-33(23-32)15-5-6-16-33/h4,7-11,19,27-28,34H,5-6,12-18,20-24H2,1-3H3/t27?,28?,32-/m1/s1. The first-order valence-corrected chi connectivity index (χ1v) is 15.1. The maximum Gasteiger partial charge on any atom is 0.0749 e. The molecule has 2 unspecified atom stereocenters. The van der Waals surface area contributed by atoms with E-state index in [0.717, 1.165) is 51.9 Å². The number of benzene rings is 1. The number of hydrogen-bond donors (Lipinski definition) is 1. The fraction of sp³-hybridized carbons (Fsp3) is 0.667. The second-order valence-electron chi connectivity index (χ2n) is 13.1. The van der Waals surface area contributed by atoms with Gasteiger partial charge >= 0.3 is 0 Å². The normalized spacial score (nSPS) is 28.9. The zero-order valence-corrected chi connectivity index (χ0v) is 23.8. The quantitative estimate of drug-likeness (QED) is 0.446. The van der Waals surface area contributed by atoms with E-state index < -0.39 is 0 Å². The topological polar surface area (TPSA) is 46.6 Å². The molecule has 1 aromatic heterocycles. The molecule has 206 valence electrons. The molecule has 3 atom stereocenters. The van der Waals surface area contributed by atoms with E-state index in [4.69, 9.17) is 14.5 Å². The van der Waals surface area contributed by atoms with Gasteiger partial charge in [-0.2, -0.15) is 0 Å². The Morgan fingerprint density at radius 2 is 1.97 bits per heavy atom. The molecule has 3 heterocycles. The first kappa shape index (κ1) is 26.4. The van der Waals surface area contributed by atoms with Crippen molar-refractivity contribution in [3.8, 4) is 0 Å². The minimum absolute atomic E-state index is 0.0752. The van der Waals surface area contributed by atoms with E-state index in [-0.39, 0.29) is 16.6 Å². The summed E-state index contributed by atoms with van der Waals surface area (Å²) in [5.41, 5.74) is 6.02. The van der Waals surface area contributed by atoms with Crippen LogP contribution in [0.15, 0.2) is 42.6 Å². The van der Waals surface area contributed by atoms with Crippen molar-refractivity contribution in [1.29, 1.82) is 0 Å². The van der Waals surface area contributed by atoms with Gasteiger partial charge in [0.25, 0.3) is 0 Å². The lowest BCUT2D eigenvalue weighted by molar-refractivity contribution is -0.104. The molecule has 1 saturated heterocycles. The third kappa shape index (κ3) is 5.08. The minimum atomic E-state index is -0.123. The van der Waals surface area contributed by atoms with Gasteiger partial charge in [-0.3, -0.25) is 9.88 Å². The molecule has 1 N–H and O–H groups in total. The third-order valence-electron chi connectivity index (χ3n) is 10.3. The molecule has 0 radical (unpaired) electrons. The summed E-state index contributed by atoms with van der Waals surface area (Å²) in [6.45, 7) is 8.42. The van der Waals surface area contributed by atoms with Gasteiger partial charge in [0.1, 0.15) is 0 Å². The zero-order valence-electron chi connectivity index (χ0n) is 23.8. The first-order chi connectivity index (χ1) is 18.4. The Morgan fingerprint density at radius 1 is 1.11 bits per heavy atom. The van der Waals surface area contributed by atoms with Crippen LogP contribution in [0, 0.1) is 0 Å². The van der Waals surface area contributed by atoms with Crippen molar-refractivity contribution in [3.05, 3.63) is 65.0 Å². The number of ether oxygens (including phenoxy) is 2. The van der Waals surface area contributed by atoms with Crippen molar-refractivity contribution in [3.63, 3.8) is 0 Å². The molecule has 1 aromatic carbocycles. The highest BCUT2D eigenvalue weighted by Gasteiger charge is 2.48. The maximum atomic E-state index is 6.48. The second kappa shape index (κ2) is 10.6. The second-order valence-corrected chi connectivity index (χ2v) is 13.1. The summed E-state index contributed by atoms with van der Waals surface area (Å²) < 4.78 is 12.3. The molecule has 2 aromatic rings. The molecule has 1 spiro atoms. The van der Waals surface area contributed by atoms with Crippen LogP contribution in [0.2, 0.25) is 0 Å². The monoisotopic (exact) mass is 517 g/mol. The van der Waals surface area contributed by atoms with Crippen LogP contribution in [0.4, 0.5) is 0 Å². The van der Waals surface area contributed by atoms with Gasteiger partial charge in [-0.25, -0.2) is 0 Å². The van der Waals surface area contributed by atoms with E-state index in [1.807, 2.05) is 19.4 Å². The molecule has 5 nitrogen and oxygen atoms in total. The Balaban J connectivity index is 1.19.